The smallest absolute Gasteiger partial charge is 0.137 e. The van der Waals surface area contributed by atoms with E-state index >= 15 is 0 Å². The lowest BCUT2D eigenvalue weighted by atomic mass is 10.1. The van der Waals surface area contributed by atoms with Crippen molar-refractivity contribution in [3.05, 3.63) is 43.7 Å². The second-order valence-corrected chi connectivity index (χ2v) is 6.60. The molecule has 0 amide bonds. The van der Waals surface area contributed by atoms with Gasteiger partial charge in [-0.15, -0.1) is 11.3 Å². The molecule has 3 nitrogen and oxygen atoms in total. The Morgan fingerprint density at radius 3 is 2.79 bits per heavy atom. The van der Waals surface area contributed by atoms with Crippen LogP contribution in [0.1, 0.15) is 21.7 Å². The van der Waals surface area contributed by atoms with Gasteiger partial charge in [0.15, 0.2) is 0 Å². The van der Waals surface area contributed by atoms with Crippen molar-refractivity contribution < 1.29 is 0 Å². The largest absolute Gasteiger partial charge is 0.389 e. The fraction of sp³-hybridized carbons (Fsp3) is 0.231. The highest BCUT2D eigenvalue weighted by Gasteiger charge is 2.11. The van der Waals surface area contributed by atoms with Crippen molar-refractivity contribution in [1.29, 1.82) is 0 Å². The number of thiocarbonyl (C=S) groups is 1. The number of hydrogen-bond donors (Lipinski definition) is 2. The molecule has 0 bridgehead atoms. The van der Waals surface area contributed by atoms with Gasteiger partial charge >= 0.3 is 0 Å². The molecule has 3 N–H and O–H groups in total. The number of halogens is 1. The van der Waals surface area contributed by atoms with Crippen LogP contribution < -0.4 is 11.1 Å². The molecule has 2 aromatic heterocycles. The molecule has 100 valence electrons. The molecular formula is C13H14BrN3S2. The molecule has 0 fully saturated rings. The van der Waals surface area contributed by atoms with Crippen LogP contribution in [0.4, 0.5) is 5.82 Å². The third-order valence-electron chi connectivity index (χ3n) is 2.64. The highest BCUT2D eigenvalue weighted by atomic mass is 79.9. The first-order valence-electron chi connectivity index (χ1n) is 5.72. The van der Waals surface area contributed by atoms with E-state index in [0.717, 1.165) is 27.1 Å². The lowest BCUT2D eigenvalue weighted by Gasteiger charge is -2.13. The fourth-order valence-corrected chi connectivity index (χ4v) is 3.54. The molecule has 2 rings (SSSR count). The Labute approximate surface area is 130 Å². The lowest BCUT2D eigenvalue weighted by molar-refractivity contribution is 1.09. The zero-order valence-electron chi connectivity index (χ0n) is 10.7. The second-order valence-electron chi connectivity index (χ2n) is 4.25. The molecule has 0 atom stereocenters. The summed E-state index contributed by atoms with van der Waals surface area (Å²) in [6, 6.07) is 4.07. The van der Waals surface area contributed by atoms with E-state index in [0.29, 0.717) is 11.5 Å². The molecule has 0 aliphatic rings. The molecule has 0 saturated heterocycles. The van der Waals surface area contributed by atoms with E-state index in [1.165, 1.54) is 4.88 Å². The van der Waals surface area contributed by atoms with Gasteiger partial charge in [-0.2, -0.15) is 0 Å². The Morgan fingerprint density at radius 1 is 1.47 bits per heavy atom. The Morgan fingerprint density at radius 2 is 2.21 bits per heavy atom. The maximum Gasteiger partial charge on any atom is 0.137 e. The maximum absolute atomic E-state index is 5.79. The molecule has 0 spiro atoms. The van der Waals surface area contributed by atoms with Crippen molar-refractivity contribution in [1.82, 2.24) is 4.98 Å². The summed E-state index contributed by atoms with van der Waals surface area (Å²) in [5.74, 6) is 0.759. The van der Waals surface area contributed by atoms with Gasteiger partial charge in [0.25, 0.3) is 0 Å². The summed E-state index contributed by atoms with van der Waals surface area (Å²) in [6.45, 7) is 4.67. The zero-order valence-corrected chi connectivity index (χ0v) is 13.9. The van der Waals surface area contributed by atoms with Gasteiger partial charge < -0.3 is 11.1 Å². The van der Waals surface area contributed by atoms with E-state index in [9.17, 15) is 0 Å². The SMILES string of the molecule is Cc1cc(C)c(C(N)=S)c(NCc2cc(Br)cs2)n1. The summed E-state index contributed by atoms with van der Waals surface area (Å²) < 4.78 is 1.09. The number of hydrogen-bond acceptors (Lipinski definition) is 4. The Hall–Kier alpha value is -0.980. The first-order valence-corrected chi connectivity index (χ1v) is 7.80. The van der Waals surface area contributed by atoms with E-state index < -0.39 is 0 Å². The molecule has 0 aromatic carbocycles. The number of nitrogens with two attached hydrogens (primary N) is 1. The minimum Gasteiger partial charge on any atom is -0.389 e. The minimum atomic E-state index is 0.375. The van der Waals surface area contributed by atoms with Crippen molar-refractivity contribution in [3.63, 3.8) is 0 Å². The van der Waals surface area contributed by atoms with Crippen LogP contribution in [0.5, 0.6) is 0 Å². The van der Waals surface area contributed by atoms with Crippen LogP contribution >= 0.6 is 39.5 Å². The standard InChI is InChI=1S/C13H14BrN3S2/c1-7-3-8(2)17-13(11(7)12(15)18)16-5-10-4-9(14)6-19-10/h3-4,6H,5H2,1-2H3,(H2,15,18)(H,16,17). The number of anilines is 1. The Kier molecular flexibility index (Phi) is 4.54. The van der Waals surface area contributed by atoms with Crippen molar-refractivity contribution >= 4 is 50.3 Å². The summed E-state index contributed by atoms with van der Waals surface area (Å²) in [5, 5.41) is 5.37. The second kappa shape index (κ2) is 5.98. The molecule has 0 aliphatic heterocycles. The first-order chi connectivity index (χ1) is 8.97. The van der Waals surface area contributed by atoms with Crippen LogP contribution in [0.3, 0.4) is 0 Å². The topological polar surface area (TPSA) is 50.9 Å². The molecule has 19 heavy (non-hydrogen) atoms. The molecule has 0 radical (unpaired) electrons. The molecular weight excluding hydrogens is 342 g/mol. The van der Waals surface area contributed by atoms with Crippen molar-refractivity contribution in [2.45, 2.75) is 20.4 Å². The summed E-state index contributed by atoms with van der Waals surface area (Å²) >= 11 is 10.2. The molecule has 6 heteroatoms. The maximum atomic E-state index is 5.79. The number of aryl methyl sites for hydroxylation is 2. The third-order valence-corrected chi connectivity index (χ3v) is 4.54. The van der Waals surface area contributed by atoms with Gasteiger partial charge in [0.2, 0.25) is 0 Å². The molecule has 0 saturated carbocycles. The van der Waals surface area contributed by atoms with Crippen LogP contribution in [-0.4, -0.2) is 9.97 Å². The van der Waals surface area contributed by atoms with E-state index in [4.69, 9.17) is 18.0 Å². The number of nitrogens with one attached hydrogen (secondary N) is 1. The normalized spacial score (nSPS) is 10.5. The predicted molar refractivity (Wildman–Crippen MR) is 88.9 cm³/mol. The van der Waals surface area contributed by atoms with Crippen LogP contribution in [0.2, 0.25) is 0 Å². The number of rotatable bonds is 4. The van der Waals surface area contributed by atoms with Crippen LogP contribution in [0, 0.1) is 13.8 Å². The number of nitrogens with zero attached hydrogens (tertiary/aromatic N) is 1. The van der Waals surface area contributed by atoms with Crippen molar-refractivity contribution in [2.24, 2.45) is 5.73 Å². The highest BCUT2D eigenvalue weighted by Crippen LogP contribution is 2.23. The van der Waals surface area contributed by atoms with E-state index in [1.54, 1.807) is 11.3 Å². The summed E-state index contributed by atoms with van der Waals surface area (Å²) in [5.41, 5.74) is 8.62. The zero-order chi connectivity index (χ0) is 14.0. The minimum absolute atomic E-state index is 0.375. The lowest BCUT2D eigenvalue weighted by Crippen LogP contribution is -2.16. The van der Waals surface area contributed by atoms with E-state index in [1.807, 2.05) is 19.9 Å². The van der Waals surface area contributed by atoms with Crippen molar-refractivity contribution in [2.75, 3.05) is 5.32 Å². The van der Waals surface area contributed by atoms with Gasteiger partial charge in [-0.1, -0.05) is 12.2 Å². The molecule has 0 aliphatic carbocycles. The van der Waals surface area contributed by atoms with E-state index in [2.05, 4.69) is 37.7 Å². The quantitative estimate of drug-likeness (QED) is 0.819. The van der Waals surface area contributed by atoms with Gasteiger partial charge in [0.1, 0.15) is 10.8 Å². The number of thiophene rings is 1. The highest BCUT2D eigenvalue weighted by molar-refractivity contribution is 9.10. The number of pyridine rings is 1. The molecule has 2 aromatic rings. The van der Waals surface area contributed by atoms with Crippen LogP contribution in [0.25, 0.3) is 0 Å². The van der Waals surface area contributed by atoms with Gasteiger partial charge in [-0.05, 0) is 47.5 Å². The monoisotopic (exact) mass is 355 g/mol. The van der Waals surface area contributed by atoms with Crippen LogP contribution in [0.15, 0.2) is 22.0 Å². The summed E-state index contributed by atoms with van der Waals surface area (Å²) in [4.78, 5) is 6.09. The Bertz CT molecular complexity index is 622. The van der Waals surface area contributed by atoms with Gasteiger partial charge in [-0.3, -0.25) is 0 Å². The predicted octanol–water partition coefficient (Wildman–Crippen LogP) is 3.77. The third kappa shape index (κ3) is 3.52. The Balaban J connectivity index is 2.26. The summed E-state index contributed by atoms with van der Waals surface area (Å²) in [7, 11) is 0. The van der Waals surface area contributed by atoms with Crippen LogP contribution in [-0.2, 0) is 6.54 Å². The average Bonchev–Trinajstić information content (AvgIpc) is 2.71. The van der Waals surface area contributed by atoms with E-state index in [-0.39, 0.29) is 0 Å². The van der Waals surface area contributed by atoms with Gasteiger partial charge in [0, 0.05) is 20.4 Å². The average molecular weight is 356 g/mol. The molecule has 0 unspecified atom stereocenters. The van der Waals surface area contributed by atoms with Gasteiger partial charge in [0.05, 0.1) is 12.1 Å². The van der Waals surface area contributed by atoms with Gasteiger partial charge in [-0.25, -0.2) is 4.98 Å². The first kappa shape index (κ1) is 14.4. The number of aromatic nitrogens is 1. The summed E-state index contributed by atoms with van der Waals surface area (Å²) in [6.07, 6.45) is 0. The van der Waals surface area contributed by atoms with Crippen molar-refractivity contribution in [3.8, 4) is 0 Å². The fourth-order valence-electron chi connectivity index (χ4n) is 1.89. The molecule has 2 heterocycles.